The highest BCUT2D eigenvalue weighted by Crippen LogP contribution is 2.31. The van der Waals surface area contributed by atoms with Crippen molar-refractivity contribution in [1.82, 2.24) is 25.8 Å². The van der Waals surface area contributed by atoms with E-state index in [1.54, 1.807) is 45.0 Å². The number of carbonyl (C=O) groups excluding carboxylic acids is 9. The largest absolute Gasteiger partial charge is 0.444 e. The number of hydrogen-bond acceptors (Lipinski definition) is 19. The summed E-state index contributed by atoms with van der Waals surface area (Å²) in [7, 11) is 0. The van der Waals surface area contributed by atoms with Gasteiger partial charge in [0.1, 0.15) is 30.9 Å². The minimum absolute atomic E-state index is 0. The molecular weight excluding hydrogens is 1040 g/mol. The number of fused-ring (bicyclic) bond motifs is 2. The van der Waals surface area contributed by atoms with E-state index < -0.39 is 71.0 Å². The SMILES string of the molecule is CC(C)(C)OC(=O)NCCOCCOCCOCCOCC#Cc1cccc2c1C(=O)N(C1CCC(=O)NC1=O)C2=O.Cl.NCCOCCOCCOCCOCC#Cc1cccc2c1C(=O)N(C1CCC(=O)NC1=O)C2=O. The molecule has 2 aromatic carbocycles. The lowest BCUT2D eigenvalue weighted by molar-refractivity contribution is -0.137. The number of rotatable bonds is 27. The Kier molecular flexibility index (Phi) is 27.5. The smallest absolute Gasteiger partial charge is 0.407 e. The van der Waals surface area contributed by atoms with Gasteiger partial charge >= 0.3 is 6.09 Å². The van der Waals surface area contributed by atoms with E-state index in [1.165, 1.54) is 12.1 Å². The molecule has 5 N–H and O–H groups in total. The molecule has 0 saturated carbocycles. The molecule has 0 spiro atoms. The molecule has 2 aromatic rings. The second kappa shape index (κ2) is 33.6. The highest BCUT2D eigenvalue weighted by Gasteiger charge is 2.47. The van der Waals surface area contributed by atoms with Gasteiger partial charge in [-0.25, -0.2) is 4.79 Å². The number of piperidine rings is 2. The Bertz CT molecular complexity index is 2570. The van der Waals surface area contributed by atoms with Crippen LogP contribution in [0.3, 0.4) is 0 Å². The first-order chi connectivity index (χ1) is 37.1. The van der Waals surface area contributed by atoms with E-state index in [4.69, 9.17) is 48.4 Å². The molecule has 424 valence electrons. The molecular formula is C53H67ClN6O18. The highest BCUT2D eigenvalue weighted by molar-refractivity contribution is 6.25. The minimum Gasteiger partial charge on any atom is -0.444 e. The first kappa shape index (κ1) is 63.8. The van der Waals surface area contributed by atoms with Crippen LogP contribution in [0.2, 0.25) is 0 Å². The minimum atomic E-state index is -1.03. The Balaban J connectivity index is 0.000000337. The fourth-order valence-corrected chi connectivity index (χ4v) is 7.69. The predicted octanol–water partition coefficient (Wildman–Crippen LogP) is 0.917. The van der Waals surface area contributed by atoms with Crippen LogP contribution in [0, 0.1) is 23.7 Å². The van der Waals surface area contributed by atoms with E-state index in [1.807, 2.05) is 0 Å². The number of halogens is 1. The molecule has 9 amide bonds. The van der Waals surface area contributed by atoms with Gasteiger partial charge in [0, 0.05) is 37.1 Å². The number of benzene rings is 2. The lowest BCUT2D eigenvalue weighted by atomic mass is 10.0. The number of nitrogens with one attached hydrogen (secondary N) is 3. The number of nitrogens with zero attached hydrogens (tertiary/aromatic N) is 2. The fraction of sp³-hybridized carbons (Fsp3) is 0.528. The van der Waals surface area contributed by atoms with Gasteiger partial charge in [0.2, 0.25) is 23.6 Å². The summed E-state index contributed by atoms with van der Waals surface area (Å²) >= 11 is 0. The molecule has 2 unspecified atom stereocenters. The van der Waals surface area contributed by atoms with Crippen molar-refractivity contribution in [3.63, 3.8) is 0 Å². The normalized spacial score (nSPS) is 16.7. The number of alkyl carbamates (subject to hydrolysis) is 1. The lowest BCUT2D eigenvalue weighted by Gasteiger charge is -2.27. The summed E-state index contributed by atoms with van der Waals surface area (Å²) in [5.41, 5.74) is 6.18. The Morgan fingerprint density at radius 1 is 0.564 bits per heavy atom. The van der Waals surface area contributed by atoms with Gasteiger partial charge in [0.15, 0.2) is 0 Å². The summed E-state index contributed by atoms with van der Waals surface area (Å²) in [5.74, 6) is 6.90. The van der Waals surface area contributed by atoms with Gasteiger partial charge in [-0.2, -0.15) is 0 Å². The zero-order chi connectivity index (χ0) is 55.6. The number of amides is 9. The van der Waals surface area contributed by atoms with Crippen molar-refractivity contribution < 1.29 is 85.8 Å². The van der Waals surface area contributed by atoms with Crippen LogP contribution in [-0.4, -0.2) is 200 Å². The molecule has 24 nitrogen and oxygen atoms in total. The van der Waals surface area contributed by atoms with Gasteiger partial charge in [-0.3, -0.25) is 58.8 Å². The van der Waals surface area contributed by atoms with Crippen molar-refractivity contribution in [1.29, 1.82) is 0 Å². The van der Waals surface area contributed by atoms with Crippen LogP contribution in [0.1, 0.15) is 99.0 Å². The Morgan fingerprint density at radius 2 is 0.936 bits per heavy atom. The van der Waals surface area contributed by atoms with Gasteiger partial charge in [0.25, 0.3) is 23.6 Å². The quantitative estimate of drug-likeness (QED) is 0.0549. The van der Waals surface area contributed by atoms with E-state index in [-0.39, 0.29) is 73.6 Å². The highest BCUT2D eigenvalue weighted by atomic mass is 35.5. The number of carbonyl (C=O) groups is 9. The second-order valence-electron chi connectivity index (χ2n) is 18.0. The zero-order valence-corrected chi connectivity index (χ0v) is 44.7. The molecule has 2 fully saturated rings. The molecule has 0 aliphatic carbocycles. The van der Waals surface area contributed by atoms with Crippen LogP contribution in [-0.2, 0) is 61.8 Å². The van der Waals surface area contributed by atoms with Crippen molar-refractivity contribution in [2.45, 2.75) is 64.1 Å². The third-order valence-electron chi connectivity index (χ3n) is 11.1. The number of hydrogen-bond donors (Lipinski definition) is 4. The molecule has 0 bridgehead atoms. The Morgan fingerprint density at radius 3 is 1.31 bits per heavy atom. The molecule has 0 aromatic heterocycles. The summed E-state index contributed by atoms with van der Waals surface area (Å²) in [4.78, 5) is 112. The average molecular weight is 1110 g/mol. The van der Waals surface area contributed by atoms with Crippen LogP contribution in [0.15, 0.2) is 36.4 Å². The molecule has 78 heavy (non-hydrogen) atoms. The van der Waals surface area contributed by atoms with Crippen molar-refractivity contribution in [2.24, 2.45) is 5.73 Å². The molecule has 4 heterocycles. The van der Waals surface area contributed by atoms with E-state index in [2.05, 4.69) is 39.6 Å². The maximum Gasteiger partial charge on any atom is 0.407 e. The van der Waals surface area contributed by atoms with Gasteiger partial charge in [-0.1, -0.05) is 35.8 Å². The molecule has 4 aliphatic rings. The van der Waals surface area contributed by atoms with Crippen molar-refractivity contribution in [2.75, 3.05) is 119 Å². The van der Waals surface area contributed by atoms with Crippen molar-refractivity contribution in [3.05, 3.63) is 69.8 Å². The molecule has 25 heteroatoms. The van der Waals surface area contributed by atoms with Gasteiger partial charge in [-0.15, -0.1) is 12.4 Å². The van der Waals surface area contributed by atoms with Crippen LogP contribution < -0.4 is 21.7 Å². The maximum absolute atomic E-state index is 13.1. The van der Waals surface area contributed by atoms with Crippen LogP contribution in [0.5, 0.6) is 0 Å². The summed E-state index contributed by atoms with van der Waals surface area (Å²) in [6.07, 6.45) is -0.178. The molecule has 2 saturated heterocycles. The predicted molar refractivity (Wildman–Crippen MR) is 277 cm³/mol. The molecule has 0 radical (unpaired) electrons. The fourth-order valence-electron chi connectivity index (χ4n) is 7.69. The summed E-state index contributed by atoms with van der Waals surface area (Å²) in [5, 5.41) is 6.96. The van der Waals surface area contributed by atoms with Crippen LogP contribution >= 0.6 is 12.4 Å². The average Bonchev–Trinajstić information content (AvgIpc) is 3.94. The van der Waals surface area contributed by atoms with E-state index >= 15 is 0 Å². The summed E-state index contributed by atoms with van der Waals surface area (Å²) in [6.45, 7) is 12.0. The standard InChI is InChI=1S/C29H37N3O10.C24H29N3O8.ClH/c1-29(2,3)42-28(37)30-11-13-39-15-17-41-19-18-40-16-14-38-12-5-7-20-6-4-8-21-24(20)27(36)32(26(21)35)22-9-10-23(33)31-25(22)34;25-8-10-33-12-14-35-16-15-34-13-11-32-9-2-4-17-3-1-5-18-21(17)24(31)27(23(18)30)19-6-7-20(28)26-22(19)29;/h4,6,8,22H,9-19H2,1-3H3,(H,30,37)(H,31,33,34);1,3,5,19H,6-16,25H2,(H,26,28,29);1H. The molecule has 2 atom stereocenters. The number of ether oxygens (including phenoxy) is 9. The Hall–Kier alpha value is -6.68. The van der Waals surface area contributed by atoms with Crippen LogP contribution in [0.4, 0.5) is 4.79 Å². The lowest BCUT2D eigenvalue weighted by Crippen LogP contribution is -2.54. The van der Waals surface area contributed by atoms with Gasteiger partial charge < -0.3 is 53.7 Å². The third kappa shape index (κ3) is 20.0. The van der Waals surface area contributed by atoms with Crippen molar-refractivity contribution >= 4 is 65.8 Å². The molecule has 6 rings (SSSR count). The monoisotopic (exact) mass is 1110 g/mol. The van der Waals surface area contributed by atoms with Gasteiger partial charge in [-0.05, 0) is 57.9 Å². The first-order valence-corrected chi connectivity index (χ1v) is 25.1. The summed E-state index contributed by atoms with van der Waals surface area (Å²) in [6, 6.07) is 7.51. The first-order valence-electron chi connectivity index (χ1n) is 25.1. The van der Waals surface area contributed by atoms with Gasteiger partial charge in [0.05, 0.1) is 115 Å². The van der Waals surface area contributed by atoms with Crippen LogP contribution in [0.25, 0.3) is 0 Å². The second-order valence-corrected chi connectivity index (χ2v) is 18.0. The zero-order valence-electron chi connectivity index (χ0n) is 43.9. The van der Waals surface area contributed by atoms with E-state index in [9.17, 15) is 43.2 Å². The number of nitrogens with two attached hydrogens (primary N) is 1. The van der Waals surface area contributed by atoms with Crippen molar-refractivity contribution in [3.8, 4) is 23.7 Å². The number of imide groups is 4. The summed E-state index contributed by atoms with van der Waals surface area (Å²) < 4.78 is 48.1. The topological polar surface area (TPSA) is 305 Å². The van der Waals surface area contributed by atoms with E-state index in [0.717, 1.165) is 9.80 Å². The maximum atomic E-state index is 13.1. The third-order valence-corrected chi connectivity index (χ3v) is 11.1. The molecule has 4 aliphatic heterocycles. The van der Waals surface area contributed by atoms with E-state index in [0.29, 0.717) is 117 Å². The Labute approximate surface area is 458 Å².